The van der Waals surface area contributed by atoms with Crippen LogP contribution < -0.4 is 11.2 Å². The summed E-state index contributed by atoms with van der Waals surface area (Å²) in [4.78, 5) is 47.0. The maximum Gasteiger partial charge on any atom is 0.325 e. The summed E-state index contributed by atoms with van der Waals surface area (Å²) in [5.41, 5.74) is -0.712. The Morgan fingerprint density at radius 1 is 1.16 bits per heavy atom. The number of rotatable bonds is 2. The van der Waals surface area contributed by atoms with Crippen LogP contribution in [0.4, 0.5) is 0 Å². The Morgan fingerprint density at radius 2 is 1.88 bits per heavy atom. The Hall–Kier alpha value is -1.93. The number of likely N-dealkylation sites (N-methyl/N-ethyl adjacent to an activating group) is 1. The lowest BCUT2D eigenvalue weighted by Gasteiger charge is -2.47. The minimum Gasteiger partial charge on any atom is -0.341 e. The number of carbonyl (C=O) groups is 1. The maximum atomic E-state index is 12.8. The number of nitrogens with zero attached hydrogens (tertiary/aromatic N) is 3. The van der Waals surface area contributed by atoms with Crippen LogP contribution >= 0.6 is 0 Å². The van der Waals surface area contributed by atoms with Crippen LogP contribution in [-0.2, 0) is 11.2 Å². The fraction of sp³-hybridized carbons (Fsp3) is 0.706. The number of amides is 1. The Balaban J connectivity index is 1.75. The first-order valence-corrected chi connectivity index (χ1v) is 8.88. The molecule has 0 atom stereocenters. The van der Waals surface area contributed by atoms with Crippen molar-refractivity contribution in [1.29, 1.82) is 0 Å². The largest absolute Gasteiger partial charge is 0.341 e. The number of aromatic amines is 2. The van der Waals surface area contributed by atoms with E-state index >= 15 is 0 Å². The Kier molecular flexibility index (Phi) is 5.10. The van der Waals surface area contributed by atoms with Gasteiger partial charge in [0, 0.05) is 36.9 Å². The number of piperidine rings is 1. The average molecular weight is 349 g/mol. The third kappa shape index (κ3) is 3.85. The molecule has 2 N–H and O–H groups in total. The summed E-state index contributed by atoms with van der Waals surface area (Å²) >= 11 is 0. The van der Waals surface area contributed by atoms with E-state index in [0.29, 0.717) is 18.7 Å². The molecule has 1 spiro atoms. The van der Waals surface area contributed by atoms with Crippen LogP contribution in [0.3, 0.4) is 0 Å². The van der Waals surface area contributed by atoms with E-state index in [1.807, 2.05) is 4.90 Å². The maximum absolute atomic E-state index is 12.8. The minimum absolute atomic E-state index is 0.0197. The van der Waals surface area contributed by atoms with Crippen molar-refractivity contribution in [1.82, 2.24) is 24.7 Å². The number of H-pyrrole nitrogens is 2. The van der Waals surface area contributed by atoms with Gasteiger partial charge in [-0.2, -0.15) is 0 Å². The van der Waals surface area contributed by atoms with Crippen molar-refractivity contribution in [3.63, 3.8) is 0 Å². The van der Waals surface area contributed by atoms with Gasteiger partial charge in [0.25, 0.3) is 5.56 Å². The summed E-state index contributed by atoms with van der Waals surface area (Å²) in [5, 5.41) is 0. The predicted molar refractivity (Wildman–Crippen MR) is 94.7 cm³/mol. The number of hydrogen-bond acceptors (Lipinski definition) is 5. The Bertz CT molecular complexity index is 732. The van der Waals surface area contributed by atoms with Gasteiger partial charge < -0.3 is 14.8 Å². The number of hydrogen-bond donors (Lipinski definition) is 2. The van der Waals surface area contributed by atoms with Crippen molar-refractivity contribution < 1.29 is 4.79 Å². The van der Waals surface area contributed by atoms with Gasteiger partial charge in [-0.3, -0.25) is 19.5 Å². The van der Waals surface area contributed by atoms with Crippen LogP contribution in [0.2, 0.25) is 0 Å². The molecule has 2 fully saturated rings. The van der Waals surface area contributed by atoms with Crippen molar-refractivity contribution in [2.45, 2.75) is 31.2 Å². The topological polar surface area (TPSA) is 92.5 Å². The van der Waals surface area contributed by atoms with Gasteiger partial charge in [0.1, 0.15) is 0 Å². The molecule has 0 bridgehead atoms. The van der Waals surface area contributed by atoms with Crippen LogP contribution in [0.1, 0.15) is 24.8 Å². The van der Waals surface area contributed by atoms with Gasteiger partial charge in [0.2, 0.25) is 5.91 Å². The lowest BCUT2D eigenvalue weighted by Crippen LogP contribution is -2.58. The standard InChI is InChI=1S/C17H27N5O3/c1-20-8-4-17(5-9-20)12-22(7-3-6-21(17)2)14(23)10-13-11-18-16(25)19-15(13)24/h11H,3-10,12H2,1-2H3,(H2,18,19,24,25). The molecule has 8 heteroatoms. The van der Waals surface area contributed by atoms with Gasteiger partial charge >= 0.3 is 5.69 Å². The molecule has 25 heavy (non-hydrogen) atoms. The molecule has 1 amide bonds. The highest BCUT2D eigenvalue weighted by Gasteiger charge is 2.41. The average Bonchev–Trinajstić information content (AvgIpc) is 2.73. The summed E-state index contributed by atoms with van der Waals surface area (Å²) in [6, 6.07) is 0. The quantitative estimate of drug-likeness (QED) is 0.732. The molecule has 3 rings (SSSR count). The first-order chi connectivity index (χ1) is 11.9. The van der Waals surface area contributed by atoms with Gasteiger partial charge in [-0.15, -0.1) is 0 Å². The second-order valence-electron chi connectivity index (χ2n) is 7.39. The summed E-state index contributed by atoms with van der Waals surface area (Å²) in [6.45, 7) is 4.46. The van der Waals surface area contributed by atoms with E-state index in [-0.39, 0.29) is 17.9 Å². The molecule has 0 aliphatic carbocycles. The van der Waals surface area contributed by atoms with Crippen LogP contribution in [0.5, 0.6) is 0 Å². The lowest BCUT2D eigenvalue weighted by atomic mass is 9.85. The van der Waals surface area contributed by atoms with Gasteiger partial charge in [0.05, 0.1) is 6.42 Å². The summed E-state index contributed by atoms with van der Waals surface area (Å²) in [6.07, 6.45) is 4.38. The van der Waals surface area contributed by atoms with E-state index in [9.17, 15) is 14.4 Å². The highest BCUT2D eigenvalue weighted by Crippen LogP contribution is 2.31. The molecule has 2 aliphatic rings. The van der Waals surface area contributed by atoms with Gasteiger partial charge in [0.15, 0.2) is 0 Å². The number of aromatic nitrogens is 2. The van der Waals surface area contributed by atoms with Crippen LogP contribution in [0, 0.1) is 0 Å². The molecular formula is C17H27N5O3. The van der Waals surface area contributed by atoms with Crippen molar-refractivity contribution in [2.75, 3.05) is 46.8 Å². The SMILES string of the molecule is CN1CCC2(CC1)CN(C(=O)Cc1c[nH]c(=O)[nH]c1=O)CCCN2C. The normalized spacial score (nSPS) is 22.1. The first-order valence-electron chi connectivity index (χ1n) is 8.88. The molecule has 0 unspecified atom stereocenters. The molecule has 0 aromatic carbocycles. The Labute approximate surface area is 146 Å². The van der Waals surface area contributed by atoms with Crippen molar-refractivity contribution in [2.24, 2.45) is 0 Å². The fourth-order valence-electron chi connectivity index (χ4n) is 3.92. The zero-order valence-electron chi connectivity index (χ0n) is 15.0. The third-order valence-electron chi connectivity index (χ3n) is 5.72. The molecule has 8 nitrogen and oxygen atoms in total. The highest BCUT2D eigenvalue weighted by molar-refractivity contribution is 5.78. The van der Waals surface area contributed by atoms with Crippen molar-refractivity contribution in [3.8, 4) is 0 Å². The zero-order chi connectivity index (χ0) is 18.0. The zero-order valence-corrected chi connectivity index (χ0v) is 15.0. The molecule has 0 radical (unpaired) electrons. The smallest absolute Gasteiger partial charge is 0.325 e. The summed E-state index contributed by atoms with van der Waals surface area (Å²) in [7, 11) is 4.29. The van der Waals surface area contributed by atoms with Crippen LogP contribution in [-0.4, -0.2) is 82.9 Å². The first kappa shape index (κ1) is 17.9. The number of likely N-dealkylation sites (tertiary alicyclic amines) is 1. The van der Waals surface area contributed by atoms with E-state index in [1.54, 1.807) is 0 Å². The third-order valence-corrected chi connectivity index (χ3v) is 5.72. The molecule has 2 aliphatic heterocycles. The van der Waals surface area contributed by atoms with Gasteiger partial charge in [-0.05, 0) is 46.4 Å². The molecule has 2 saturated heterocycles. The second-order valence-corrected chi connectivity index (χ2v) is 7.39. The van der Waals surface area contributed by atoms with Crippen molar-refractivity contribution >= 4 is 5.91 Å². The number of nitrogens with one attached hydrogen (secondary N) is 2. The van der Waals surface area contributed by atoms with E-state index in [4.69, 9.17) is 0 Å². The van der Waals surface area contributed by atoms with E-state index < -0.39 is 11.2 Å². The molecule has 3 heterocycles. The van der Waals surface area contributed by atoms with Gasteiger partial charge in [-0.25, -0.2) is 4.79 Å². The number of carbonyl (C=O) groups excluding carboxylic acids is 1. The van der Waals surface area contributed by atoms with Crippen molar-refractivity contribution in [3.05, 3.63) is 32.6 Å². The second kappa shape index (κ2) is 7.13. The molecule has 0 saturated carbocycles. The highest BCUT2D eigenvalue weighted by atomic mass is 16.2. The van der Waals surface area contributed by atoms with E-state index in [1.165, 1.54) is 6.20 Å². The summed E-state index contributed by atoms with van der Waals surface area (Å²) < 4.78 is 0. The summed E-state index contributed by atoms with van der Waals surface area (Å²) in [5.74, 6) is -0.0499. The molecular weight excluding hydrogens is 322 g/mol. The lowest BCUT2D eigenvalue weighted by molar-refractivity contribution is -0.132. The van der Waals surface area contributed by atoms with E-state index in [2.05, 4.69) is 33.9 Å². The Morgan fingerprint density at radius 3 is 2.56 bits per heavy atom. The molecule has 1 aromatic heterocycles. The predicted octanol–water partition coefficient (Wildman–Crippen LogP) is -0.766. The van der Waals surface area contributed by atoms with Crippen LogP contribution in [0.15, 0.2) is 15.8 Å². The van der Waals surface area contributed by atoms with Gasteiger partial charge in [-0.1, -0.05) is 0 Å². The van der Waals surface area contributed by atoms with E-state index in [0.717, 1.165) is 38.9 Å². The molecule has 138 valence electrons. The van der Waals surface area contributed by atoms with Crippen LogP contribution in [0.25, 0.3) is 0 Å². The molecule has 1 aromatic rings. The monoisotopic (exact) mass is 349 g/mol. The fourth-order valence-corrected chi connectivity index (χ4v) is 3.92. The minimum atomic E-state index is -0.553.